The Hall–Kier alpha value is -2.63. The van der Waals surface area contributed by atoms with Gasteiger partial charge in [-0.1, -0.05) is 27.7 Å². The first-order valence-corrected chi connectivity index (χ1v) is 10.1. The van der Waals surface area contributed by atoms with Crippen LogP contribution in [0.25, 0.3) is 0 Å². The summed E-state index contributed by atoms with van der Waals surface area (Å²) in [6, 6.07) is 0.0641. The summed E-state index contributed by atoms with van der Waals surface area (Å²) in [7, 11) is 0. The Bertz CT molecular complexity index is 799. The number of rotatable bonds is 4. The quantitative estimate of drug-likeness (QED) is 0.268. The largest absolute Gasteiger partial charge is 0.449 e. The number of nitrogens with one attached hydrogen (secondary N) is 2. The van der Waals surface area contributed by atoms with E-state index in [0.717, 1.165) is 4.90 Å². The molecule has 1 aromatic rings. The van der Waals surface area contributed by atoms with Crippen LogP contribution in [-0.2, 0) is 11.2 Å². The molecule has 1 fully saturated rings. The van der Waals surface area contributed by atoms with Gasteiger partial charge in [-0.05, 0) is 18.1 Å². The summed E-state index contributed by atoms with van der Waals surface area (Å²) in [6.07, 6.45) is -5.50. The van der Waals surface area contributed by atoms with Gasteiger partial charge >= 0.3 is 6.18 Å². The van der Waals surface area contributed by atoms with Gasteiger partial charge in [0.05, 0.1) is 6.54 Å². The summed E-state index contributed by atoms with van der Waals surface area (Å²) in [4.78, 5) is 13.8. The van der Waals surface area contributed by atoms with E-state index in [9.17, 15) is 31.1 Å². The molecule has 4 N–H and O–H groups in total. The predicted octanol–water partition coefficient (Wildman–Crippen LogP) is 4.08. The molecule has 1 atom stereocenters. The summed E-state index contributed by atoms with van der Waals surface area (Å²) in [5.74, 6) is -6.46. The van der Waals surface area contributed by atoms with Crippen molar-refractivity contribution in [3.63, 3.8) is 0 Å². The van der Waals surface area contributed by atoms with Crippen molar-refractivity contribution in [2.24, 2.45) is 5.73 Å². The lowest BCUT2D eigenvalue weighted by Crippen LogP contribution is -2.56. The molecule has 0 radical (unpaired) electrons. The monoisotopic (exact) mass is 469 g/mol. The van der Waals surface area contributed by atoms with E-state index in [2.05, 4.69) is 0 Å². The molecule has 0 aliphatic carbocycles. The van der Waals surface area contributed by atoms with Gasteiger partial charge in [0.15, 0.2) is 11.6 Å². The molecule has 1 amide bonds. The Labute approximate surface area is 183 Å². The van der Waals surface area contributed by atoms with Gasteiger partial charge in [0, 0.05) is 31.6 Å². The number of halogens is 6. The maximum atomic E-state index is 13.6. The van der Waals surface area contributed by atoms with Gasteiger partial charge < -0.3 is 15.5 Å². The van der Waals surface area contributed by atoms with E-state index in [1.54, 1.807) is 0 Å². The molecule has 1 aromatic carbocycles. The van der Waals surface area contributed by atoms with Crippen LogP contribution >= 0.6 is 0 Å². The molecule has 1 aliphatic heterocycles. The van der Waals surface area contributed by atoms with E-state index in [0.29, 0.717) is 17.0 Å². The minimum atomic E-state index is -4.91. The summed E-state index contributed by atoms with van der Waals surface area (Å²) >= 11 is 0. The topological polar surface area (TPSA) is 97.3 Å². The molecule has 2 rings (SSSR count). The Balaban J connectivity index is 0.00000227. The number of nitrogens with zero attached hydrogens (tertiary/aromatic N) is 2. The highest BCUT2D eigenvalue weighted by molar-refractivity contribution is 6.02. The number of alkyl halides is 3. The van der Waals surface area contributed by atoms with Crippen molar-refractivity contribution in [2.45, 2.75) is 52.8 Å². The third-order valence-corrected chi connectivity index (χ3v) is 4.16. The Morgan fingerprint density at radius 3 is 2.09 bits per heavy atom. The van der Waals surface area contributed by atoms with Gasteiger partial charge in [-0.25, -0.2) is 13.2 Å². The van der Waals surface area contributed by atoms with Gasteiger partial charge in [-0.2, -0.15) is 13.2 Å². The number of nitrogens with two attached hydrogens (primary N) is 1. The fraction of sp³-hybridized carbons (Fsp3) is 0.550. The standard InChI is InChI=1S/C16H17F6N5O.2C2H6/c17-10-6-12(19)11(18)4-8(10)3-9(23)5-14(28)26-1-2-27(13(24)7-26)15(25)16(20,21)22;2*1-2/h4,6,9,24-25H,1-3,5,7,23H2;2*1-2H3. The van der Waals surface area contributed by atoms with Crippen LogP contribution in [0, 0.1) is 28.3 Å². The van der Waals surface area contributed by atoms with Crippen molar-refractivity contribution in [1.29, 1.82) is 10.8 Å². The Morgan fingerprint density at radius 2 is 1.59 bits per heavy atom. The van der Waals surface area contributed by atoms with Gasteiger partial charge in [0.25, 0.3) is 0 Å². The molecule has 1 unspecified atom stereocenters. The van der Waals surface area contributed by atoms with Crippen molar-refractivity contribution in [1.82, 2.24) is 9.80 Å². The zero-order valence-electron chi connectivity index (χ0n) is 18.4. The fourth-order valence-corrected chi connectivity index (χ4v) is 2.74. The van der Waals surface area contributed by atoms with Gasteiger partial charge in [0.1, 0.15) is 11.7 Å². The molecule has 12 heteroatoms. The van der Waals surface area contributed by atoms with Crippen molar-refractivity contribution in [2.75, 3.05) is 19.6 Å². The highest BCUT2D eigenvalue weighted by Gasteiger charge is 2.41. The average molecular weight is 469 g/mol. The lowest BCUT2D eigenvalue weighted by Gasteiger charge is -2.37. The number of amidine groups is 2. The second-order valence-corrected chi connectivity index (χ2v) is 6.29. The molecule has 0 bridgehead atoms. The molecule has 32 heavy (non-hydrogen) atoms. The van der Waals surface area contributed by atoms with E-state index in [4.69, 9.17) is 16.6 Å². The molecule has 182 valence electrons. The normalized spacial score (nSPS) is 14.7. The highest BCUT2D eigenvalue weighted by atomic mass is 19.4. The average Bonchev–Trinajstić information content (AvgIpc) is 2.73. The maximum Gasteiger partial charge on any atom is 0.449 e. The van der Waals surface area contributed by atoms with Crippen LogP contribution in [0.3, 0.4) is 0 Å². The Kier molecular flexibility index (Phi) is 12.0. The van der Waals surface area contributed by atoms with Gasteiger partial charge in [0.2, 0.25) is 11.7 Å². The van der Waals surface area contributed by atoms with Crippen LogP contribution in [0.5, 0.6) is 0 Å². The van der Waals surface area contributed by atoms with Crippen molar-refractivity contribution in [3.05, 3.63) is 35.1 Å². The second-order valence-electron chi connectivity index (χ2n) is 6.29. The van der Waals surface area contributed by atoms with E-state index in [1.165, 1.54) is 0 Å². The van der Waals surface area contributed by atoms with E-state index in [1.807, 2.05) is 27.7 Å². The van der Waals surface area contributed by atoms with Crippen LogP contribution in [0.15, 0.2) is 12.1 Å². The molecular weight excluding hydrogens is 440 g/mol. The van der Waals surface area contributed by atoms with Crippen LogP contribution in [0.2, 0.25) is 0 Å². The van der Waals surface area contributed by atoms with E-state index in [-0.39, 0.29) is 31.5 Å². The van der Waals surface area contributed by atoms with Crippen molar-refractivity contribution >= 4 is 17.6 Å². The number of hydrogen-bond acceptors (Lipinski definition) is 4. The van der Waals surface area contributed by atoms with Crippen LogP contribution in [-0.4, -0.2) is 59.2 Å². The summed E-state index contributed by atoms with van der Waals surface area (Å²) in [5.41, 5.74) is 5.55. The minimum absolute atomic E-state index is 0.161. The fourth-order valence-electron chi connectivity index (χ4n) is 2.74. The van der Waals surface area contributed by atoms with Crippen LogP contribution in [0.1, 0.15) is 39.7 Å². The first kappa shape index (κ1) is 29.4. The predicted molar refractivity (Wildman–Crippen MR) is 110 cm³/mol. The number of carbonyl (C=O) groups is 1. The lowest BCUT2D eigenvalue weighted by molar-refractivity contribution is -0.131. The van der Waals surface area contributed by atoms with Crippen LogP contribution in [0.4, 0.5) is 26.3 Å². The summed E-state index contributed by atoms with van der Waals surface area (Å²) < 4.78 is 77.5. The SMILES string of the molecule is CC.CC.N=C1CN(C(=O)CC(N)Cc2cc(F)c(F)cc2F)CCN1C(=N)C(F)(F)F. The molecule has 6 nitrogen and oxygen atoms in total. The lowest BCUT2D eigenvalue weighted by atomic mass is 10.0. The number of carbonyl (C=O) groups excluding carboxylic acids is 1. The molecule has 1 aliphatic rings. The smallest absolute Gasteiger partial charge is 0.333 e. The first-order chi connectivity index (χ1) is 14.9. The van der Waals surface area contributed by atoms with Crippen LogP contribution < -0.4 is 5.73 Å². The third-order valence-electron chi connectivity index (χ3n) is 4.16. The van der Waals surface area contributed by atoms with Gasteiger partial charge in [-0.3, -0.25) is 15.6 Å². The summed E-state index contributed by atoms with van der Waals surface area (Å²) in [5, 5.41) is 14.7. The zero-order valence-corrected chi connectivity index (χ0v) is 18.4. The number of piperazine rings is 1. The Morgan fingerprint density at radius 1 is 1.06 bits per heavy atom. The molecule has 0 aromatic heterocycles. The van der Waals surface area contributed by atoms with E-state index >= 15 is 0 Å². The third kappa shape index (κ3) is 8.13. The number of amides is 1. The minimum Gasteiger partial charge on any atom is -0.333 e. The maximum absolute atomic E-state index is 13.6. The zero-order chi connectivity index (χ0) is 25.2. The number of hydrogen-bond donors (Lipinski definition) is 3. The second kappa shape index (κ2) is 13.0. The molecule has 1 saturated heterocycles. The van der Waals surface area contributed by atoms with Crippen molar-refractivity contribution < 1.29 is 31.1 Å². The number of benzene rings is 1. The van der Waals surface area contributed by atoms with Crippen molar-refractivity contribution in [3.8, 4) is 0 Å². The molecular formula is C20H29F6N5O. The highest BCUT2D eigenvalue weighted by Crippen LogP contribution is 2.21. The molecule has 0 saturated carbocycles. The summed E-state index contributed by atoms with van der Waals surface area (Å²) in [6.45, 7) is 7.02. The van der Waals surface area contributed by atoms with Gasteiger partial charge in [-0.15, -0.1) is 0 Å². The first-order valence-electron chi connectivity index (χ1n) is 10.1. The van der Waals surface area contributed by atoms with E-state index < -0.39 is 53.8 Å². The molecule has 0 spiro atoms. The molecule has 1 heterocycles.